The lowest BCUT2D eigenvalue weighted by Crippen LogP contribution is -2.48. The van der Waals surface area contributed by atoms with Crippen LogP contribution >= 0.6 is 0 Å². The molecule has 1 atom stereocenters. The summed E-state index contributed by atoms with van der Waals surface area (Å²) in [5.74, 6) is 2.14. The molecule has 1 aliphatic rings. The number of hydrogen-bond acceptors (Lipinski definition) is 4. The smallest absolute Gasteiger partial charge is 0.237 e. The number of nitrogens with zero attached hydrogens (tertiary/aromatic N) is 1. The van der Waals surface area contributed by atoms with Crippen LogP contribution in [0, 0.1) is 5.92 Å². The summed E-state index contributed by atoms with van der Waals surface area (Å²) in [5.41, 5.74) is 2.40. The molecule has 1 saturated heterocycles. The second-order valence-corrected chi connectivity index (χ2v) is 7.75. The molecular formula is C24H32N2O3. The van der Waals surface area contributed by atoms with Gasteiger partial charge in [-0.05, 0) is 68.5 Å². The largest absolute Gasteiger partial charge is 0.493 e. The Morgan fingerprint density at radius 2 is 1.72 bits per heavy atom. The second-order valence-electron chi connectivity index (χ2n) is 7.75. The number of piperidine rings is 1. The van der Waals surface area contributed by atoms with E-state index in [1.165, 1.54) is 5.56 Å². The molecule has 1 aliphatic heterocycles. The van der Waals surface area contributed by atoms with Crippen molar-refractivity contribution in [3.63, 3.8) is 0 Å². The van der Waals surface area contributed by atoms with Crippen LogP contribution in [0.4, 0.5) is 0 Å². The first-order chi connectivity index (χ1) is 14.1. The summed E-state index contributed by atoms with van der Waals surface area (Å²) in [6.45, 7) is 4.43. The van der Waals surface area contributed by atoms with Gasteiger partial charge in [-0.25, -0.2) is 0 Å². The Hall–Kier alpha value is -2.53. The molecule has 1 amide bonds. The summed E-state index contributed by atoms with van der Waals surface area (Å²) in [6.07, 6.45) is 3.42. The van der Waals surface area contributed by atoms with Crippen LogP contribution < -0.4 is 14.8 Å². The molecule has 2 aromatic carbocycles. The van der Waals surface area contributed by atoms with Gasteiger partial charge < -0.3 is 14.8 Å². The molecule has 0 spiro atoms. The van der Waals surface area contributed by atoms with E-state index < -0.39 is 0 Å². The number of carbonyl (C=O) groups excluding carboxylic acids is 1. The number of methoxy groups -OCH3 is 2. The summed E-state index contributed by atoms with van der Waals surface area (Å²) < 4.78 is 10.6. The summed E-state index contributed by atoms with van der Waals surface area (Å²) in [6, 6.07) is 16.3. The van der Waals surface area contributed by atoms with Crippen molar-refractivity contribution >= 4 is 5.91 Å². The molecule has 2 aromatic rings. The van der Waals surface area contributed by atoms with E-state index in [0.29, 0.717) is 24.0 Å². The standard InChI is InChI=1S/C24H32N2O3/c1-18(24(27)25-17-21-9-10-22(28-2)23(16-21)29-3)26-13-11-20(12-14-26)15-19-7-5-4-6-8-19/h4-10,16,18,20H,11-15,17H2,1-3H3,(H,25,27)/t18-/m1/s1. The van der Waals surface area contributed by atoms with Gasteiger partial charge in [0.2, 0.25) is 5.91 Å². The van der Waals surface area contributed by atoms with E-state index >= 15 is 0 Å². The van der Waals surface area contributed by atoms with Gasteiger partial charge in [-0.15, -0.1) is 0 Å². The number of amides is 1. The molecule has 29 heavy (non-hydrogen) atoms. The van der Waals surface area contributed by atoms with Gasteiger partial charge in [0.15, 0.2) is 11.5 Å². The van der Waals surface area contributed by atoms with E-state index in [-0.39, 0.29) is 11.9 Å². The fraction of sp³-hybridized carbons (Fsp3) is 0.458. The topological polar surface area (TPSA) is 50.8 Å². The quantitative estimate of drug-likeness (QED) is 0.740. The SMILES string of the molecule is COc1ccc(CNC(=O)[C@@H](C)N2CCC(Cc3ccccc3)CC2)cc1OC. The molecule has 1 N–H and O–H groups in total. The van der Waals surface area contributed by atoms with Crippen LogP contribution in [0.3, 0.4) is 0 Å². The maximum Gasteiger partial charge on any atom is 0.237 e. The Morgan fingerprint density at radius 1 is 1.03 bits per heavy atom. The molecule has 156 valence electrons. The number of nitrogens with one attached hydrogen (secondary N) is 1. The zero-order valence-electron chi connectivity index (χ0n) is 17.7. The average molecular weight is 397 g/mol. The number of rotatable bonds is 8. The third-order valence-electron chi connectivity index (χ3n) is 5.86. The van der Waals surface area contributed by atoms with E-state index in [2.05, 4.69) is 40.5 Å². The van der Waals surface area contributed by atoms with Crippen molar-refractivity contribution in [2.75, 3.05) is 27.3 Å². The van der Waals surface area contributed by atoms with Gasteiger partial charge in [0.05, 0.1) is 20.3 Å². The van der Waals surface area contributed by atoms with Gasteiger partial charge in [0.1, 0.15) is 0 Å². The minimum atomic E-state index is -0.118. The molecule has 0 aromatic heterocycles. The predicted molar refractivity (Wildman–Crippen MR) is 115 cm³/mol. The van der Waals surface area contributed by atoms with Crippen LogP contribution in [-0.2, 0) is 17.8 Å². The number of hydrogen-bond donors (Lipinski definition) is 1. The van der Waals surface area contributed by atoms with Crippen LogP contribution in [0.1, 0.15) is 30.9 Å². The van der Waals surface area contributed by atoms with Crippen LogP contribution in [0.15, 0.2) is 48.5 Å². The maximum absolute atomic E-state index is 12.7. The highest BCUT2D eigenvalue weighted by Crippen LogP contribution is 2.27. The van der Waals surface area contributed by atoms with Gasteiger partial charge in [-0.2, -0.15) is 0 Å². The Balaban J connectivity index is 1.46. The van der Waals surface area contributed by atoms with Gasteiger partial charge in [-0.1, -0.05) is 36.4 Å². The highest BCUT2D eigenvalue weighted by atomic mass is 16.5. The average Bonchev–Trinajstić information content (AvgIpc) is 2.78. The van der Waals surface area contributed by atoms with Crippen LogP contribution in [0.25, 0.3) is 0 Å². The first-order valence-electron chi connectivity index (χ1n) is 10.4. The first kappa shape index (κ1) is 21.2. The number of likely N-dealkylation sites (tertiary alicyclic amines) is 1. The normalized spacial score (nSPS) is 16.2. The summed E-state index contributed by atoms with van der Waals surface area (Å²) >= 11 is 0. The lowest BCUT2D eigenvalue weighted by Gasteiger charge is -2.35. The lowest BCUT2D eigenvalue weighted by molar-refractivity contribution is -0.126. The Kier molecular flexibility index (Phi) is 7.53. The van der Waals surface area contributed by atoms with Crippen molar-refractivity contribution in [2.24, 2.45) is 5.92 Å². The summed E-state index contributed by atoms with van der Waals surface area (Å²) in [5, 5.41) is 3.06. The summed E-state index contributed by atoms with van der Waals surface area (Å²) in [4.78, 5) is 15.0. The van der Waals surface area contributed by atoms with Gasteiger partial charge in [0, 0.05) is 6.54 Å². The molecule has 1 fully saturated rings. The number of benzene rings is 2. The predicted octanol–water partition coefficient (Wildman–Crippen LogP) is 3.66. The molecule has 0 aliphatic carbocycles. The molecule has 1 heterocycles. The van der Waals surface area contributed by atoms with Gasteiger partial charge >= 0.3 is 0 Å². The van der Waals surface area contributed by atoms with Gasteiger partial charge in [0.25, 0.3) is 0 Å². The van der Waals surface area contributed by atoms with E-state index in [1.807, 2.05) is 25.1 Å². The van der Waals surface area contributed by atoms with Crippen molar-refractivity contribution in [3.8, 4) is 11.5 Å². The van der Waals surface area contributed by atoms with Crippen molar-refractivity contribution in [1.29, 1.82) is 0 Å². The van der Waals surface area contributed by atoms with Crippen molar-refractivity contribution in [3.05, 3.63) is 59.7 Å². The molecule has 0 bridgehead atoms. The van der Waals surface area contributed by atoms with Gasteiger partial charge in [-0.3, -0.25) is 9.69 Å². The Bertz CT molecular complexity index is 786. The van der Waals surface area contributed by atoms with Crippen molar-refractivity contribution in [2.45, 2.75) is 38.8 Å². The minimum Gasteiger partial charge on any atom is -0.493 e. The highest BCUT2D eigenvalue weighted by molar-refractivity contribution is 5.81. The molecule has 5 heteroatoms. The zero-order chi connectivity index (χ0) is 20.6. The minimum absolute atomic E-state index is 0.0706. The number of carbonyl (C=O) groups is 1. The fourth-order valence-electron chi connectivity index (χ4n) is 3.99. The highest BCUT2D eigenvalue weighted by Gasteiger charge is 2.26. The van der Waals surface area contributed by atoms with Crippen LogP contribution in [-0.4, -0.2) is 44.2 Å². The molecular weight excluding hydrogens is 364 g/mol. The molecule has 0 saturated carbocycles. The van der Waals surface area contributed by atoms with Crippen LogP contribution in [0.5, 0.6) is 11.5 Å². The van der Waals surface area contributed by atoms with E-state index in [4.69, 9.17) is 9.47 Å². The number of ether oxygens (including phenoxy) is 2. The molecule has 5 nitrogen and oxygen atoms in total. The third kappa shape index (κ3) is 5.73. The molecule has 0 unspecified atom stereocenters. The Labute approximate surface area is 174 Å². The molecule has 3 rings (SSSR count). The third-order valence-corrected chi connectivity index (χ3v) is 5.86. The van der Waals surface area contributed by atoms with Crippen LogP contribution in [0.2, 0.25) is 0 Å². The van der Waals surface area contributed by atoms with E-state index in [0.717, 1.165) is 37.9 Å². The van der Waals surface area contributed by atoms with E-state index in [9.17, 15) is 4.79 Å². The maximum atomic E-state index is 12.7. The summed E-state index contributed by atoms with van der Waals surface area (Å²) in [7, 11) is 3.23. The monoisotopic (exact) mass is 396 g/mol. The van der Waals surface area contributed by atoms with Crippen molar-refractivity contribution < 1.29 is 14.3 Å². The van der Waals surface area contributed by atoms with Crippen molar-refractivity contribution in [1.82, 2.24) is 10.2 Å². The fourth-order valence-corrected chi connectivity index (χ4v) is 3.99. The zero-order valence-corrected chi connectivity index (χ0v) is 17.7. The molecule has 0 radical (unpaired) electrons. The Morgan fingerprint density at radius 3 is 2.38 bits per heavy atom. The second kappa shape index (κ2) is 10.3. The van der Waals surface area contributed by atoms with E-state index in [1.54, 1.807) is 14.2 Å². The lowest BCUT2D eigenvalue weighted by atomic mass is 9.89. The first-order valence-corrected chi connectivity index (χ1v) is 10.4.